The van der Waals surface area contributed by atoms with E-state index in [0.717, 1.165) is 32.1 Å². The summed E-state index contributed by atoms with van der Waals surface area (Å²) in [7, 11) is -3.53. The molecule has 3 atom stereocenters. The van der Waals surface area contributed by atoms with Crippen molar-refractivity contribution in [2.45, 2.75) is 49.1 Å². The molecule has 3 aliphatic rings. The number of hydrogen-bond acceptors (Lipinski definition) is 4. The third-order valence-corrected chi connectivity index (χ3v) is 8.93. The van der Waals surface area contributed by atoms with Crippen LogP contribution in [0.4, 0.5) is 0 Å². The first-order valence-corrected chi connectivity index (χ1v) is 11.8. The number of nitrogens with one attached hydrogen (secondary N) is 1. The predicted octanol–water partition coefficient (Wildman–Crippen LogP) is 2.82. The number of carbonyl (C=O) groups is 1. The summed E-state index contributed by atoms with van der Waals surface area (Å²) in [6.07, 6.45) is 4.80. The maximum atomic E-state index is 13.3. The maximum Gasteiger partial charge on any atom is 0.261 e. The molecule has 2 aromatic rings. The molecule has 0 radical (unpaired) electrons. The monoisotopic (exact) mass is 402 g/mol. The number of benzene rings is 1. The third-order valence-electron chi connectivity index (χ3n) is 6.17. The molecule has 1 aromatic heterocycles. The van der Waals surface area contributed by atoms with Gasteiger partial charge in [0, 0.05) is 18.6 Å². The normalized spacial score (nSPS) is 27.0. The Hall–Kier alpha value is -1.70. The minimum absolute atomic E-state index is 0.0996. The lowest BCUT2D eigenvalue weighted by Crippen LogP contribution is -2.51. The van der Waals surface area contributed by atoms with E-state index in [1.807, 2.05) is 23.6 Å². The van der Waals surface area contributed by atoms with Crippen LogP contribution in [0.25, 0.3) is 0 Å². The van der Waals surface area contributed by atoms with Gasteiger partial charge < -0.3 is 5.32 Å². The zero-order valence-electron chi connectivity index (χ0n) is 14.9. The molecule has 2 heterocycles. The van der Waals surface area contributed by atoms with Gasteiger partial charge in [-0.15, -0.1) is 11.3 Å². The van der Waals surface area contributed by atoms with E-state index in [9.17, 15) is 13.2 Å². The van der Waals surface area contributed by atoms with Gasteiger partial charge >= 0.3 is 0 Å². The van der Waals surface area contributed by atoms with Crippen LogP contribution in [0.3, 0.4) is 0 Å². The molecule has 5 rings (SSSR count). The van der Waals surface area contributed by atoms with Gasteiger partial charge in [-0.25, -0.2) is 8.42 Å². The fraction of sp³-hybridized carbons (Fsp3) is 0.450. The van der Waals surface area contributed by atoms with Crippen LogP contribution in [-0.2, 0) is 22.9 Å². The second-order valence-electron chi connectivity index (χ2n) is 7.82. The van der Waals surface area contributed by atoms with E-state index < -0.39 is 10.0 Å². The average molecular weight is 403 g/mol. The Morgan fingerprint density at radius 2 is 2.00 bits per heavy atom. The topological polar surface area (TPSA) is 66.5 Å². The van der Waals surface area contributed by atoms with Crippen LogP contribution in [-0.4, -0.2) is 37.3 Å². The quantitative estimate of drug-likeness (QED) is 0.855. The Morgan fingerprint density at radius 1 is 1.15 bits per heavy atom. The number of rotatable bonds is 4. The van der Waals surface area contributed by atoms with Crippen molar-refractivity contribution in [3.63, 3.8) is 0 Å². The second-order valence-corrected chi connectivity index (χ2v) is 10.7. The molecule has 142 valence electrons. The minimum atomic E-state index is -3.53. The lowest BCUT2D eigenvalue weighted by molar-refractivity contribution is 0.0921. The summed E-state index contributed by atoms with van der Waals surface area (Å²) in [6, 6.07) is 8.99. The molecule has 1 saturated heterocycles. The first kappa shape index (κ1) is 17.4. The minimum Gasteiger partial charge on any atom is -0.347 e. The molecule has 2 fully saturated rings. The third kappa shape index (κ3) is 2.92. The summed E-state index contributed by atoms with van der Waals surface area (Å²) >= 11 is 1.41. The van der Waals surface area contributed by atoms with Crippen molar-refractivity contribution in [1.82, 2.24) is 9.62 Å². The van der Waals surface area contributed by atoms with Crippen LogP contribution in [0.5, 0.6) is 0 Å². The molecule has 1 N–H and O–H groups in total. The van der Waals surface area contributed by atoms with Crippen LogP contribution >= 0.6 is 11.3 Å². The molecular weight excluding hydrogens is 380 g/mol. The number of aryl methyl sites for hydroxylation is 2. The van der Waals surface area contributed by atoms with Gasteiger partial charge in [-0.1, -0.05) is 12.1 Å². The molecule has 1 amide bonds. The van der Waals surface area contributed by atoms with Crippen molar-refractivity contribution in [2.24, 2.45) is 5.92 Å². The molecule has 7 heteroatoms. The van der Waals surface area contributed by atoms with Gasteiger partial charge in [0.15, 0.2) is 0 Å². The molecule has 1 saturated carbocycles. The summed E-state index contributed by atoms with van der Waals surface area (Å²) in [4.78, 5) is 13.5. The standard InChI is InChI=1S/C20H22N2O3S2/c23-20(19-5-2-8-26-19)21-17-9-13-10-18(17)22(12-13)27(24,25)16-7-6-14-3-1-4-15(14)11-16/h2,5-8,11,13,17-18H,1,3-4,9-10,12H2,(H,21,23). The molecule has 3 unspecified atom stereocenters. The van der Waals surface area contributed by atoms with Crippen LogP contribution in [0.15, 0.2) is 40.6 Å². The van der Waals surface area contributed by atoms with Crippen LogP contribution in [0.2, 0.25) is 0 Å². The zero-order chi connectivity index (χ0) is 18.6. The van der Waals surface area contributed by atoms with E-state index in [1.54, 1.807) is 16.4 Å². The zero-order valence-corrected chi connectivity index (χ0v) is 16.6. The van der Waals surface area contributed by atoms with Gasteiger partial charge in [-0.2, -0.15) is 4.31 Å². The highest BCUT2D eigenvalue weighted by atomic mass is 32.2. The van der Waals surface area contributed by atoms with Crippen LogP contribution < -0.4 is 5.32 Å². The van der Waals surface area contributed by atoms with E-state index in [2.05, 4.69) is 5.32 Å². The van der Waals surface area contributed by atoms with E-state index in [0.29, 0.717) is 22.2 Å². The number of nitrogens with zero attached hydrogens (tertiary/aromatic N) is 1. The highest BCUT2D eigenvalue weighted by Crippen LogP contribution is 2.41. The Labute approximate surface area is 163 Å². The number of amides is 1. The Balaban J connectivity index is 1.38. The molecule has 27 heavy (non-hydrogen) atoms. The van der Waals surface area contributed by atoms with Gasteiger partial charge in [0.2, 0.25) is 10.0 Å². The number of piperidine rings is 1. The van der Waals surface area contributed by atoms with E-state index in [-0.39, 0.29) is 18.0 Å². The second kappa shape index (κ2) is 6.43. The van der Waals surface area contributed by atoms with E-state index in [1.165, 1.54) is 22.5 Å². The SMILES string of the molecule is O=C(NC1CC2CC1N(S(=O)(=O)c1ccc3c(c1)CCC3)C2)c1cccs1. The molecule has 1 aliphatic heterocycles. The number of hydrogen-bond donors (Lipinski definition) is 1. The van der Waals surface area contributed by atoms with Gasteiger partial charge in [0.1, 0.15) is 0 Å². The summed E-state index contributed by atoms with van der Waals surface area (Å²) in [5.41, 5.74) is 2.45. The van der Waals surface area contributed by atoms with Gasteiger partial charge in [0.05, 0.1) is 9.77 Å². The summed E-state index contributed by atoms with van der Waals surface area (Å²) in [5.74, 6) is 0.227. The molecule has 2 aliphatic carbocycles. The van der Waals surface area contributed by atoms with E-state index >= 15 is 0 Å². The fourth-order valence-corrected chi connectivity index (χ4v) is 7.32. The van der Waals surface area contributed by atoms with Crippen LogP contribution in [0, 0.1) is 5.92 Å². The number of carbonyl (C=O) groups excluding carboxylic acids is 1. The Morgan fingerprint density at radius 3 is 2.78 bits per heavy atom. The highest BCUT2D eigenvalue weighted by Gasteiger charge is 2.50. The molecular formula is C20H22N2O3S2. The number of thiophene rings is 1. The average Bonchev–Trinajstić information content (AvgIpc) is 3.44. The van der Waals surface area contributed by atoms with Gasteiger partial charge in [0.25, 0.3) is 5.91 Å². The summed E-state index contributed by atoms with van der Waals surface area (Å²) in [6.45, 7) is 0.565. The summed E-state index contributed by atoms with van der Waals surface area (Å²) < 4.78 is 28.2. The first-order chi connectivity index (χ1) is 13.0. The maximum absolute atomic E-state index is 13.3. The van der Waals surface area contributed by atoms with Gasteiger partial charge in [-0.3, -0.25) is 4.79 Å². The van der Waals surface area contributed by atoms with Crippen molar-refractivity contribution >= 4 is 27.3 Å². The van der Waals surface area contributed by atoms with Gasteiger partial charge in [-0.05, 0) is 72.7 Å². The Kier molecular flexibility index (Phi) is 4.14. The van der Waals surface area contributed by atoms with Crippen LogP contribution in [0.1, 0.15) is 40.1 Å². The Bertz CT molecular complexity index is 985. The fourth-order valence-electron chi connectivity index (χ4n) is 4.90. The van der Waals surface area contributed by atoms with Crippen molar-refractivity contribution in [3.05, 3.63) is 51.7 Å². The number of sulfonamides is 1. The lowest BCUT2D eigenvalue weighted by atomic mass is 10.1. The van der Waals surface area contributed by atoms with Crippen molar-refractivity contribution in [3.8, 4) is 0 Å². The highest BCUT2D eigenvalue weighted by molar-refractivity contribution is 7.89. The smallest absolute Gasteiger partial charge is 0.261 e. The molecule has 2 bridgehead atoms. The predicted molar refractivity (Wildman–Crippen MR) is 104 cm³/mol. The van der Waals surface area contributed by atoms with Crippen molar-refractivity contribution in [1.29, 1.82) is 0 Å². The summed E-state index contributed by atoms with van der Waals surface area (Å²) in [5, 5.41) is 4.95. The van der Waals surface area contributed by atoms with E-state index in [4.69, 9.17) is 0 Å². The molecule has 5 nitrogen and oxygen atoms in total. The largest absolute Gasteiger partial charge is 0.347 e. The molecule has 0 spiro atoms. The lowest BCUT2D eigenvalue weighted by Gasteiger charge is -2.32. The van der Waals surface area contributed by atoms with Crippen molar-refractivity contribution < 1.29 is 13.2 Å². The van der Waals surface area contributed by atoms with Crippen molar-refractivity contribution in [2.75, 3.05) is 6.54 Å². The number of fused-ring (bicyclic) bond motifs is 3. The first-order valence-electron chi connectivity index (χ1n) is 9.50. The molecule has 1 aromatic carbocycles.